The molecule has 92 valence electrons. The third-order valence-electron chi connectivity index (χ3n) is 2.76. The standard InChI is InChI=1S/C13H16O4/c1-4-10(12(14)15)9-5-6-11(8(2)7-9)13(16)17-3/h5-7,10H,4H2,1-3H3,(H,14,15). The van der Waals surface area contributed by atoms with E-state index in [1.54, 1.807) is 25.1 Å². The third kappa shape index (κ3) is 2.84. The summed E-state index contributed by atoms with van der Waals surface area (Å²) >= 11 is 0. The first-order chi connectivity index (χ1) is 8.01. The Morgan fingerprint density at radius 1 is 1.41 bits per heavy atom. The van der Waals surface area contributed by atoms with E-state index in [1.165, 1.54) is 7.11 Å². The molecule has 1 atom stereocenters. The van der Waals surface area contributed by atoms with Crippen LogP contribution in [0.5, 0.6) is 0 Å². The molecule has 1 N–H and O–H groups in total. The molecule has 0 aliphatic heterocycles. The zero-order valence-corrected chi connectivity index (χ0v) is 10.2. The molecule has 0 saturated carbocycles. The van der Waals surface area contributed by atoms with Crippen LogP contribution in [0, 0.1) is 6.92 Å². The Balaban J connectivity index is 3.11. The minimum Gasteiger partial charge on any atom is -0.481 e. The van der Waals surface area contributed by atoms with Gasteiger partial charge in [0, 0.05) is 0 Å². The van der Waals surface area contributed by atoms with E-state index in [1.807, 2.05) is 6.92 Å². The van der Waals surface area contributed by atoms with Crippen molar-refractivity contribution in [3.8, 4) is 0 Å². The molecule has 1 aromatic carbocycles. The minimum absolute atomic E-state index is 0.405. The fourth-order valence-corrected chi connectivity index (χ4v) is 1.80. The summed E-state index contributed by atoms with van der Waals surface area (Å²) in [5.41, 5.74) is 1.91. The molecule has 0 saturated heterocycles. The van der Waals surface area contributed by atoms with Gasteiger partial charge in [-0.2, -0.15) is 0 Å². The molecule has 4 heteroatoms. The smallest absolute Gasteiger partial charge is 0.338 e. The second-order valence-electron chi connectivity index (χ2n) is 3.87. The lowest BCUT2D eigenvalue weighted by atomic mass is 9.93. The van der Waals surface area contributed by atoms with Crippen LogP contribution < -0.4 is 0 Å². The molecule has 0 amide bonds. The number of carboxylic acid groups (broad SMARTS) is 1. The second kappa shape index (κ2) is 5.48. The Bertz CT molecular complexity index is 437. The Hall–Kier alpha value is -1.84. The fraction of sp³-hybridized carbons (Fsp3) is 0.385. The molecule has 0 aliphatic rings. The predicted octanol–water partition coefficient (Wildman–Crippen LogP) is 2.36. The van der Waals surface area contributed by atoms with Crippen LogP contribution in [0.1, 0.15) is 40.7 Å². The van der Waals surface area contributed by atoms with Crippen LogP contribution in [0.15, 0.2) is 18.2 Å². The predicted molar refractivity (Wildman–Crippen MR) is 63.2 cm³/mol. The maximum absolute atomic E-state index is 11.4. The van der Waals surface area contributed by atoms with Crippen molar-refractivity contribution in [2.45, 2.75) is 26.2 Å². The Labute approximate surface area is 100 Å². The van der Waals surface area contributed by atoms with Crippen molar-refractivity contribution in [1.29, 1.82) is 0 Å². The molecule has 17 heavy (non-hydrogen) atoms. The lowest BCUT2D eigenvalue weighted by Gasteiger charge is -2.12. The number of aryl methyl sites for hydroxylation is 1. The monoisotopic (exact) mass is 236 g/mol. The van der Waals surface area contributed by atoms with Crippen LogP contribution in [-0.4, -0.2) is 24.2 Å². The van der Waals surface area contributed by atoms with E-state index in [9.17, 15) is 9.59 Å². The first kappa shape index (κ1) is 13.2. The molecule has 1 aromatic rings. The number of benzene rings is 1. The van der Waals surface area contributed by atoms with Gasteiger partial charge in [-0.05, 0) is 30.5 Å². The van der Waals surface area contributed by atoms with Gasteiger partial charge in [-0.15, -0.1) is 0 Å². The molecule has 1 unspecified atom stereocenters. The number of rotatable bonds is 4. The lowest BCUT2D eigenvalue weighted by molar-refractivity contribution is -0.138. The first-order valence-electron chi connectivity index (χ1n) is 5.42. The molecular weight excluding hydrogens is 220 g/mol. The number of carboxylic acids is 1. The highest BCUT2D eigenvalue weighted by molar-refractivity contribution is 5.91. The van der Waals surface area contributed by atoms with Crippen molar-refractivity contribution < 1.29 is 19.4 Å². The summed E-state index contributed by atoms with van der Waals surface area (Å²) in [7, 11) is 1.32. The van der Waals surface area contributed by atoms with Gasteiger partial charge >= 0.3 is 11.9 Å². The molecule has 0 aliphatic carbocycles. The molecule has 4 nitrogen and oxygen atoms in total. The third-order valence-corrected chi connectivity index (χ3v) is 2.76. The van der Waals surface area contributed by atoms with E-state index in [0.717, 1.165) is 5.56 Å². The molecule has 1 rings (SSSR count). The van der Waals surface area contributed by atoms with Crippen molar-refractivity contribution >= 4 is 11.9 Å². The highest BCUT2D eigenvalue weighted by Gasteiger charge is 2.19. The van der Waals surface area contributed by atoms with Gasteiger partial charge in [0.2, 0.25) is 0 Å². The normalized spacial score (nSPS) is 11.9. The van der Waals surface area contributed by atoms with Crippen LogP contribution >= 0.6 is 0 Å². The van der Waals surface area contributed by atoms with Crippen molar-refractivity contribution in [3.63, 3.8) is 0 Å². The highest BCUT2D eigenvalue weighted by atomic mass is 16.5. The van der Waals surface area contributed by atoms with Gasteiger partial charge in [-0.1, -0.05) is 19.1 Å². The summed E-state index contributed by atoms with van der Waals surface area (Å²) < 4.78 is 4.64. The zero-order valence-electron chi connectivity index (χ0n) is 10.2. The average Bonchev–Trinajstić information content (AvgIpc) is 2.28. The number of aliphatic carboxylic acids is 1. The fourth-order valence-electron chi connectivity index (χ4n) is 1.80. The SMILES string of the molecule is CCC(C(=O)O)c1ccc(C(=O)OC)c(C)c1. The number of carbonyl (C=O) groups is 2. The van der Waals surface area contributed by atoms with E-state index in [0.29, 0.717) is 17.5 Å². The van der Waals surface area contributed by atoms with E-state index in [4.69, 9.17) is 5.11 Å². The van der Waals surface area contributed by atoms with Crippen LogP contribution in [-0.2, 0) is 9.53 Å². The number of methoxy groups -OCH3 is 1. The molecule has 0 heterocycles. The van der Waals surface area contributed by atoms with Gasteiger partial charge in [0.15, 0.2) is 0 Å². The summed E-state index contributed by atoms with van der Waals surface area (Å²) in [5.74, 6) is -1.78. The quantitative estimate of drug-likeness (QED) is 0.815. The van der Waals surface area contributed by atoms with Gasteiger partial charge in [-0.25, -0.2) is 4.79 Å². The number of ether oxygens (including phenoxy) is 1. The largest absolute Gasteiger partial charge is 0.481 e. The van der Waals surface area contributed by atoms with Crippen molar-refractivity contribution in [2.24, 2.45) is 0 Å². The first-order valence-corrected chi connectivity index (χ1v) is 5.42. The van der Waals surface area contributed by atoms with Crippen LogP contribution in [0.3, 0.4) is 0 Å². The van der Waals surface area contributed by atoms with Gasteiger partial charge in [0.05, 0.1) is 18.6 Å². The number of hydrogen-bond donors (Lipinski definition) is 1. The number of hydrogen-bond acceptors (Lipinski definition) is 3. The Kier molecular flexibility index (Phi) is 4.26. The van der Waals surface area contributed by atoms with E-state index in [-0.39, 0.29) is 0 Å². The molecule has 0 fully saturated rings. The highest BCUT2D eigenvalue weighted by Crippen LogP contribution is 2.22. The summed E-state index contributed by atoms with van der Waals surface area (Å²) in [6, 6.07) is 5.01. The minimum atomic E-state index is -0.849. The van der Waals surface area contributed by atoms with E-state index in [2.05, 4.69) is 4.74 Å². The topological polar surface area (TPSA) is 63.6 Å². The Morgan fingerprint density at radius 2 is 2.06 bits per heavy atom. The molecule has 0 bridgehead atoms. The summed E-state index contributed by atoms with van der Waals surface area (Å²) in [5, 5.41) is 9.05. The van der Waals surface area contributed by atoms with Gasteiger partial charge in [0.25, 0.3) is 0 Å². The van der Waals surface area contributed by atoms with Crippen molar-refractivity contribution in [1.82, 2.24) is 0 Å². The van der Waals surface area contributed by atoms with E-state index < -0.39 is 17.9 Å². The van der Waals surface area contributed by atoms with Crippen molar-refractivity contribution in [2.75, 3.05) is 7.11 Å². The zero-order chi connectivity index (χ0) is 13.0. The van der Waals surface area contributed by atoms with Crippen LogP contribution in [0.2, 0.25) is 0 Å². The summed E-state index contributed by atoms with van der Waals surface area (Å²) in [6.45, 7) is 3.59. The van der Waals surface area contributed by atoms with Crippen molar-refractivity contribution in [3.05, 3.63) is 34.9 Å². The number of carbonyl (C=O) groups excluding carboxylic acids is 1. The maximum Gasteiger partial charge on any atom is 0.338 e. The Morgan fingerprint density at radius 3 is 2.47 bits per heavy atom. The number of esters is 1. The molecule has 0 spiro atoms. The molecular formula is C13H16O4. The lowest BCUT2D eigenvalue weighted by Crippen LogP contribution is -2.12. The molecule has 0 aromatic heterocycles. The molecule has 0 radical (unpaired) electrons. The van der Waals surface area contributed by atoms with Gasteiger partial charge < -0.3 is 9.84 Å². The summed E-state index contributed by atoms with van der Waals surface area (Å²) in [4.78, 5) is 22.4. The van der Waals surface area contributed by atoms with E-state index >= 15 is 0 Å². The second-order valence-corrected chi connectivity index (χ2v) is 3.87. The van der Waals surface area contributed by atoms with Crippen LogP contribution in [0.25, 0.3) is 0 Å². The van der Waals surface area contributed by atoms with Crippen LogP contribution in [0.4, 0.5) is 0 Å². The van der Waals surface area contributed by atoms with Gasteiger partial charge in [-0.3, -0.25) is 4.79 Å². The summed E-state index contributed by atoms with van der Waals surface area (Å²) in [6.07, 6.45) is 0.520. The average molecular weight is 236 g/mol. The maximum atomic E-state index is 11.4. The van der Waals surface area contributed by atoms with Gasteiger partial charge in [0.1, 0.15) is 0 Å².